The Morgan fingerprint density at radius 2 is 2.06 bits per heavy atom. The molecule has 0 fully saturated rings. The zero-order valence-electron chi connectivity index (χ0n) is 9.92. The maximum absolute atomic E-state index is 11.7. The monoisotopic (exact) mass is 226 g/mol. The Morgan fingerprint density at radius 3 is 2.50 bits per heavy atom. The van der Waals surface area contributed by atoms with Crippen molar-refractivity contribution in [1.29, 1.82) is 0 Å². The number of aliphatic hydroxyl groups excluding tert-OH is 1. The summed E-state index contributed by atoms with van der Waals surface area (Å²) in [4.78, 5) is 13.0. The quantitative estimate of drug-likeness (QED) is 0.745. The van der Waals surface area contributed by atoms with E-state index in [0.29, 0.717) is 5.82 Å². The zero-order chi connectivity index (χ0) is 12.1. The van der Waals surface area contributed by atoms with Crippen LogP contribution >= 0.6 is 0 Å². The van der Waals surface area contributed by atoms with Crippen molar-refractivity contribution in [2.24, 2.45) is 13.0 Å². The van der Waals surface area contributed by atoms with Crippen LogP contribution in [-0.2, 0) is 18.3 Å². The molecule has 0 saturated carbocycles. The van der Waals surface area contributed by atoms with Crippen LogP contribution in [0.4, 0.5) is 0 Å². The first kappa shape index (κ1) is 12.8. The van der Waals surface area contributed by atoms with Gasteiger partial charge in [0.2, 0.25) is 0 Å². The van der Waals surface area contributed by atoms with Gasteiger partial charge in [-0.2, -0.15) is 4.80 Å². The summed E-state index contributed by atoms with van der Waals surface area (Å²) in [5.74, 6) is 0.142. The smallest absolute Gasteiger partial charge is 0.182 e. The van der Waals surface area contributed by atoms with Crippen LogP contribution in [0.1, 0.15) is 32.5 Å². The Labute approximate surface area is 94.7 Å². The van der Waals surface area contributed by atoms with Crippen molar-refractivity contribution in [1.82, 2.24) is 20.2 Å². The van der Waals surface area contributed by atoms with Crippen LogP contribution < -0.4 is 0 Å². The van der Waals surface area contributed by atoms with Crippen LogP contribution in [0, 0.1) is 5.92 Å². The minimum atomic E-state index is -0.918. The van der Waals surface area contributed by atoms with Gasteiger partial charge in [0.1, 0.15) is 6.10 Å². The van der Waals surface area contributed by atoms with Crippen LogP contribution in [-0.4, -0.2) is 37.2 Å². The van der Waals surface area contributed by atoms with Crippen molar-refractivity contribution in [3.05, 3.63) is 5.82 Å². The highest BCUT2D eigenvalue weighted by molar-refractivity contribution is 5.84. The highest BCUT2D eigenvalue weighted by atomic mass is 16.3. The Balaban J connectivity index is 2.58. The lowest BCUT2D eigenvalue weighted by Gasteiger charge is -2.17. The van der Waals surface area contributed by atoms with Crippen LogP contribution in [0.25, 0.3) is 0 Å². The normalized spacial score (nSPS) is 13.1. The topological polar surface area (TPSA) is 80.9 Å². The van der Waals surface area contributed by atoms with E-state index in [1.54, 1.807) is 7.05 Å². The molecular weight excluding hydrogens is 208 g/mol. The minimum absolute atomic E-state index is 0.0178. The number of hydrogen-bond donors (Lipinski definition) is 1. The fourth-order valence-electron chi connectivity index (χ4n) is 1.65. The van der Waals surface area contributed by atoms with Gasteiger partial charge in [0.25, 0.3) is 0 Å². The third-order valence-corrected chi connectivity index (χ3v) is 2.71. The molecule has 0 saturated heterocycles. The largest absolute Gasteiger partial charge is 0.385 e. The molecule has 1 heterocycles. The molecule has 90 valence electrons. The number of tetrazole rings is 1. The molecule has 1 rings (SSSR count). The van der Waals surface area contributed by atoms with Crippen molar-refractivity contribution in [3.8, 4) is 0 Å². The summed E-state index contributed by atoms with van der Waals surface area (Å²) < 4.78 is 0. The summed E-state index contributed by atoms with van der Waals surface area (Å²) >= 11 is 0. The summed E-state index contributed by atoms with van der Waals surface area (Å²) in [6.45, 7) is 3.93. The number of carbonyl (C=O) groups is 1. The number of aromatic nitrogens is 4. The van der Waals surface area contributed by atoms with Gasteiger partial charge in [-0.1, -0.05) is 26.7 Å². The van der Waals surface area contributed by atoms with Gasteiger partial charge in [0.15, 0.2) is 11.6 Å². The van der Waals surface area contributed by atoms with Crippen LogP contribution in [0.15, 0.2) is 0 Å². The molecule has 1 unspecified atom stereocenters. The second kappa shape index (κ2) is 5.69. The maximum Gasteiger partial charge on any atom is 0.182 e. The summed E-state index contributed by atoms with van der Waals surface area (Å²) in [5, 5.41) is 21.1. The Kier molecular flexibility index (Phi) is 4.54. The molecule has 16 heavy (non-hydrogen) atoms. The van der Waals surface area contributed by atoms with E-state index in [0.717, 1.165) is 12.8 Å². The van der Waals surface area contributed by atoms with Crippen molar-refractivity contribution in [2.75, 3.05) is 0 Å². The molecule has 0 aliphatic rings. The highest BCUT2D eigenvalue weighted by Gasteiger charge is 2.24. The Morgan fingerprint density at radius 1 is 1.44 bits per heavy atom. The van der Waals surface area contributed by atoms with Crippen LogP contribution in [0.3, 0.4) is 0 Å². The second-order valence-electron chi connectivity index (χ2n) is 3.86. The Bertz CT molecular complexity index is 346. The number of carbonyl (C=O) groups excluding carboxylic acids is 1. The van der Waals surface area contributed by atoms with Gasteiger partial charge in [0.05, 0.1) is 13.5 Å². The highest BCUT2D eigenvalue weighted by Crippen LogP contribution is 2.14. The van der Waals surface area contributed by atoms with Gasteiger partial charge in [-0.15, -0.1) is 10.2 Å². The van der Waals surface area contributed by atoms with Gasteiger partial charge in [-0.25, -0.2) is 0 Å². The first-order valence-corrected chi connectivity index (χ1v) is 5.52. The molecule has 0 spiro atoms. The van der Waals surface area contributed by atoms with E-state index in [1.165, 1.54) is 4.80 Å². The zero-order valence-corrected chi connectivity index (χ0v) is 9.92. The number of rotatable bonds is 6. The van der Waals surface area contributed by atoms with Crippen molar-refractivity contribution < 1.29 is 9.90 Å². The molecule has 1 aromatic rings. The first-order chi connectivity index (χ1) is 7.58. The van der Waals surface area contributed by atoms with E-state index < -0.39 is 6.10 Å². The van der Waals surface area contributed by atoms with Crippen LogP contribution in [0.5, 0.6) is 0 Å². The molecule has 0 amide bonds. The minimum Gasteiger partial charge on any atom is -0.385 e. The molecule has 6 heteroatoms. The summed E-state index contributed by atoms with van der Waals surface area (Å²) in [7, 11) is 1.64. The van der Waals surface area contributed by atoms with E-state index in [-0.39, 0.29) is 18.1 Å². The predicted octanol–water partition coefficient (Wildman–Crippen LogP) is 0.119. The maximum atomic E-state index is 11.7. The molecule has 0 aliphatic heterocycles. The molecule has 1 atom stereocenters. The van der Waals surface area contributed by atoms with E-state index in [4.69, 9.17) is 0 Å². The van der Waals surface area contributed by atoms with E-state index in [1.807, 2.05) is 13.8 Å². The number of aryl methyl sites for hydroxylation is 1. The molecule has 1 aromatic heterocycles. The first-order valence-electron chi connectivity index (χ1n) is 5.52. The van der Waals surface area contributed by atoms with Gasteiger partial charge >= 0.3 is 0 Å². The summed E-state index contributed by atoms with van der Waals surface area (Å²) in [5.41, 5.74) is 0. The molecule has 0 bridgehead atoms. The van der Waals surface area contributed by atoms with E-state index in [2.05, 4.69) is 15.4 Å². The molecule has 0 aliphatic carbocycles. The van der Waals surface area contributed by atoms with Crippen molar-refractivity contribution in [2.45, 2.75) is 39.2 Å². The van der Waals surface area contributed by atoms with E-state index in [9.17, 15) is 9.90 Å². The lowest BCUT2D eigenvalue weighted by molar-refractivity contribution is -0.129. The molecule has 0 aromatic carbocycles. The number of hydrogen-bond acceptors (Lipinski definition) is 5. The Hall–Kier alpha value is -1.30. The van der Waals surface area contributed by atoms with Crippen molar-refractivity contribution in [3.63, 3.8) is 0 Å². The van der Waals surface area contributed by atoms with Gasteiger partial charge in [0, 0.05) is 0 Å². The summed E-state index contributed by atoms with van der Waals surface area (Å²) in [6, 6.07) is 0. The average Bonchev–Trinajstić information content (AvgIpc) is 2.65. The predicted molar refractivity (Wildman–Crippen MR) is 57.6 cm³/mol. The number of nitrogens with zero attached hydrogens (tertiary/aromatic N) is 4. The summed E-state index contributed by atoms with van der Waals surface area (Å²) in [6.07, 6.45) is 0.707. The van der Waals surface area contributed by atoms with Crippen molar-refractivity contribution >= 4 is 5.78 Å². The van der Waals surface area contributed by atoms with Crippen LogP contribution in [0.2, 0.25) is 0 Å². The van der Waals surface area contributed by atoms with E-state index >= 15 is 0 Å². The lowest BCUT2D eigenvalue weighted by atomic mass is 9.92. The van der Waals surface area contributed by atoms with Gasteiger partial charge in [-0.05, 0) is 11.1 Å². The molecule has 1 N–H and O–H groups in total. The average molecular weight is 226 g/mol. The SMILES string of the molecule is CCC(CC)C(O)C(=O)Cc1nnn(C)n1. The third kappa shape index (κ3) is 3.10. The fraction of sp³-hybridized carbons (Fsp3) is 0.800. The lowest BCUT2D eigenvalue weighted by Crippen LogP contribution is -2.30. The number of Topliss-reactive ketones (excluding diaryl/α,β-unsaturated/α-hetero) is 1. The standard InChI is InChI=1S/C10H18N4O2/c1-4-7(5-2)10(16)8(15)6-9-11-13-14(3)12-9/h7,10,16H,4-6H2,1-3H3. The fourth-order valence-corrected chi connectivity index (χ4v) is 1.65. The number of aliphatic hydroxyl groups is 1. The number of ketones is 1. The third-order valence-electron chi connectivity index (χ3n) is 2.71. The van der Waals surface area contributed by atoms with Gasteiger partial charge < -0.3 is 5.11 Å². The second-order valence-corrected chi connectivity index (χ2v) is 3.86. The molecular formula is C10H18N4O2. The molecule has 6 nitrogen and oxygen atoms in total. The van der Waals surface area contributed by atoms with Gasteiger partial charge in [-0.3, -0.25) is 4.79 Å². The molecule has 0 radical (unpaired) electrons.